The van der Waals surface area contributed by atoms with Crippen molar-refractivity contribution in [3.05, 3.63) is 22.2 Å². The molecule has 0 unspecified atom stereocenters. The number of halogens is 1. The number of hydrogen-bond donors (Lipinski definition) is 0. The molecule has 6 nitrogen and oxygen atoms in total. The van der Waals surface area contributed by atoms with Crippen LogP contribution in [-0.4, -0.2) is 38.4 Å². The third-order valence-electron chi connectivity index (χ3n) is 2.52. The van der Waals surface area contributed by atoms with Gasteiger partial charge in [0.05, 0.1) is 0 Å². The molecule has 0 aromatic heterocycles. The van der Waals surface area contributed by atoms with Crippen molar-refractivity contribution in [1.29, 1.82) is 0 Å². The van der Waals surface area contributed by atoms with Crippen molar-refractivity contribution in [3.63, 3.8) is 0 Å². The fourth-order valence-corrected chi connectivity index (χ4v) is 1.86. The first-order valence-electron chi connectivity index (χ1n) is 6.72. The quantitative estimate of drug-likeness (QED) is 0.514. The summed E-state index contributed by atoms with van der Waals surface area (Å²) < 4.78 is 21.6. The minimum absolute atomic E-state index is 0.160. The molecule has 0 aliphatic heterocycles. The van der Waals surface area contributed by atoms with E-state index in [1.165, 1.54) is 13.8 Å². The van der Waals surface area contributed by atoms with E-state index in [0.29, 0.717) is 11.5 Å². The smallest absolute Gasteiger partial charge is 0.302 e. The predicted octanol–water partition coefficient (Wildman–Crippen LogP) is 2.64. The third kappa shape index (κ3) is 6.80. The van der Waals surface area contributed by atoms with Gasteiger partial charge in [-0.15, -0.1) is 0 Å². The number of carbonyl (C=O) groups excluding carboxylic acids is 2. The minimum Gasteiger partial charge on any atom is -0.486 e. The summed E-state index contributed by atoms with van der Waals surface area (Å²) in [5.41, 5.74) is 0.981. The number of hydrogen-bond acceptors (Lipinski definition) is 6. The summed E-state index contributed by atoms with van der Waals surface area (Å²) in [5, 5.41) is 0. The van der Waals surface area contributed by atoms with Crippen molar-refractivity contribution < 1.29 is 28.5 Å². The maximum Gasteiger partial charge on any atom is 0.302 e. The average Bonchev–Trinajstić information content (AvgIpc) is 2.43. The van der Waals surface area contributed by atoms with Gasteiger partial charge in [-0.2, -0.15) is 0 Å². The van der Waals surface area contributed by atoms with Crippen molar-refractivity contribution in [2.75, 3.05) is 26.4 Å². The summed E-state index contributed by atoms with van der Waals surface area (Å²) in [7, 11) is 0. The fourth-order valence-electron chi connectivity index (χ4n) is 1.54. The zero-order valence-electron chi connectivity index (χ0n) is 12.8. The van der Waals surface area contributed by atoms with Gasteiger partial charge in [-0.3, -0.25) is 9.59 Å². The summed E-state index contributed by atoms with van der Waals surface area (Å²) >= 11 is 3.42. The van der Waals surface area contributed by atoms with Gasteiger partial charge in [0.15, 0.2) is 11.5 Å². The second kappa shape index (κ2) is 9.30. The lowest BCUT2D eigenvalue weighted by molar-refractivity contribution is -0.142. The summed E-state index contributed by atoms with van der Waals surface area (Å²) in [5.74, 6) is 0.350. The molecule has 1 rings (SSSR count). The van der Waals surface area contributed by atoms with Gasteiger partial charge in [-0.1, -0.05) is 15.9 Å². The van der Waals surface area contributed by atoms with E-state index in [1.807, 2.05) is 13.0 Å². The second-order valence-corrected chi connectivity index (χ2v) is 5.28. The Bertz CT molecular complexity index is 482. The van der Waals surface area contributed by atoms with Gasteiger partial charge in [-0.25, -0.2) is 0 Å². The van der Waals surface area contributed by atoms with E-state index in [-0.39, 0.29) is 38.4 Å². The van der Waals surface area contributed by atoms with Crippen LogP contribution >= 0.6 is 15.9 Å². The zero-order valence-corrected chi connectivity index (χ0v) is 14.4. The van der Waals surface area contributed by atoms with E-state index in [9.17, 15) is 9.59 Å². The molecule has 0 saturated carbocycles. The van der Waals surface area contributed by atoms with Crippen LogP contribution in [0.1, 0.15) is 19.4 Å². The molecule has 0 heterocycles. The number of esters is 2. The van der Waals surface area contributed by atoms with Gasteiger partial charge in [0.25, 0.3) is 0 Å². The Hall–Kier alpha value is -1.76. The molecule has 0 atom stereocenters. The number of rotatable bonds is 8. The van der Waals surface area contributed by atoms with E-state index in [4.69, 9.17) is 18.9 Å². The van der Waals surface area contributed by atoms with Gasteiger partial charge < -0.3 is 18.9 Å². The lowest BCUT2D eigenvalue weighted by Gasteiger charge is -2.14. The van der Waals surface area contributed by atoms with Crippen molar-refractivity contribution in [3.8, 4) is 11.5 Å². The van der Waals surface area contributed by atoms with Crippen molar-refractivity contribution in [1.82, 2.24) is 0 Å². The van der Waals surface area contributed by atoms with Crippen molar-refractivity contribution in [2.24, 2.45) is 0 Å². The normalized spacial score (nSPS) is 10.0. The molecule has 1 aromatic rings. The summed E-state index contributed by atoms with van der Waals surface area (Å²) in [6, 6.07) is 3.60. The van der Waals surface area contributed by atoms with Crippen LogP contribution in [0.2, 0.25) is 0 Å². The maximum atomic E-state index is 10.7. The Morgan fingerprint density at radius 3 is 1.82 bits per heavy atom. The molecule has 0 spiro atoms. The monoisotopic (exact) mass is 374 g/mol. The van der Waals surface area contributed by atoms with Crippen LogP contribution in [-0.2, 0) is 19.1 Å². The second-order valence-electron chi connectivity index (χ2n) is 4.43. The van der Waals surface area contributed by atoms with Crippen LogP contribution in [0.15, 0.2) is 16.6 Å². The SMILES string of the molecule is CC(=O)OCCOc1cc(C)c(Br)cc1OCCOC(C)=O. The van der Waals surface area contributed by atoms with Gasteiger partial charge >= 0.3 is 11.9 Å². The number of carbonyl (C=O) groups is 2. The number of aryl methyl sites for hydroxylation is 1. The molecule has 7 heteroatoms. The molecule has 1 aromatic carbocycles. The molecule has 22 heavy (non-hydrogen) atoms. The van der Waals surface area contributed by atoms with Gasteiger partial charge in [0.1, 0.15) is 26.4 Å². The highest BCUT2D eigenvalue weighted by molar-refractivity contribution is 9.10. The molecule has 0 aliphatic rings. The summed E-state index contributed by atoms with van der Waals surface area (Å²) in [4.78, 5) is 21.4. The zero-order chi connectivity index (χ0) is 16.5. The summed E-state index contributed by atoms with van der Waals surface area (Å²) in [6.45, 7) is 5.37. The van der Waals surface area contributed by atoms with E-state index >= 15 is 0 Å². The topological polar surface area (TPSA) is 71.1 Å². The summed E-state index contributed by atoms with van der Waals surface area (Å²) in [6.07, 6.45) is 0. The highest BCUT2D eigenvalue weighted by Gasteiger charge is 2.09. The Morgan fingerprint density at radius 2 is 1.36 bits per heavy atom. The Kier molecular flexibility index (Phi) is 7.73. The highest BCUT2D eigenvalue weighted by atomic mass is 79.9. The molecule has 0 bridgehead atoms. The van der Waals surface area contributed by atoms with Crippen LogP contribution in [0.5, 0.6) is 11.5 Å². The van der Waals surface area contributed by atoms with Crippen LogP contribution in [0.3, 0.4) is 0 Å². The van der Waals surface area contributed by atoms with Crippen molar-refractivity contribution in [2.45, 2.75) is 20.8 Å². The Morgan fingerprint density at radius 1 is 0.909 bits per heavy atom. The molecule has 0 saturated heterocycles. The first kappa shape index (κ1) is 18.3. The molecule has 122 valence electrons. The number of benzene rings is 1. The fraction of sp³-hybridized carbons (Fsp3) is 0.467. The Balaban J connectivity index is 2.62. The first-order chi connectivity index (χ1) is 10.4. The van der Waals surface area contributed by atoms with E-state index in [1.54, 1.807) is 6.07 Å². The predicted molar refractivity (Wildman–Crippen MR) is 83.1 cm³/mol. The number of ether oxygens (including phenoxy) is 4. The van der Waals surface area contributed by atoms with Crippen LogP contribution in [0.4, 0.5) is 0 Å². The maximum absolute atomic E-state index is 10.7. The molecule has 0 N–H and O–H groups in total. The molecular weight excluding hydrogens is 356 g/mol. The van der Waals surface area contributed by atoms with Gasteiger partial charge in [-0.05, 0) is 24.6 Å². The molecule has 0 radical (unpaired) electrons. The third-order valence-corrected chi connectivity index (χ3v) is 3.37. The molecule has 0 amide bonds. The highest BCUT2D eigenvalue weighted by Crippen LogP contribution is 2.33. The van der Waals surface area contributed by atoms with E-state index < -0.39 is 0 Å². The standard InChI is InChI=1S/C15H19BrO6/c1-10-8-14(21-6-4-19-11(2)17)15(9-13(10)16)22-7-5-20-12(3)18/h8-9H,4-7H2,1-3H3. The van der Waals surface area contributed by atoms with Gasteiger partial charge in [0, 0.05) is 18.3 Å². The van der Waals surface area contributed by atoms with Crippen LogP contribution < -0.4 is 9.47 Å². The average molecular weight is 375 g/mol. The van der Waals surface area contributed by atoms with E-state index in [2.05, 4.69) is 15.9 Å². The lowest BCUT2D eigenvalue weighted by atomic mass is 10.2. The minimum atomic E-state index is -0.355. The largest absolute Gasteiger partial charge is 0.486 e. The molecule has 0 aliphatic carbocycles. The molecular formula is C15H19BrO6. The van der Waals surface area contributed by atoms with E-state index in [0.717, 1.165) is 10.0 Å². The van der Waals surface area contributed by atoms with Crippen LogP contribution in [0.25, 0.3) is 0 Å². The lowest BCUT2D eigenvalue weighted by Crippen LogP contribution is -2.12. The van der Waals surface area contributed by atoms with Crippen LogP contribution in [0, 0.1) is 6.92 Å². The van der Waals surface area contributed by atoms with Crippen molar-refractivity contribution >= 4 is 27.9 Å². The molecule has 0 fully saturated rings. The van der Waals surface area contributed by atoms with Gasteiger partial charge in [0.2, 0.25) is 0 Å². The first-order valence-corrected chi connectivity index (χ1v) is 7.52. The Labute approximate surface area is 137 Å².